The van der Waals surface area contributed by atoms with Crippen LogP contribution in [0.2, 0.25) is 0 Å². The molecule has 6 rings (SSSR count). The van der Waals surface area contributed by atoms with E-state index in [1.54, 1.807) is 0 Å². The number of allylic oxidation sites excluding steroid dienone is 3. The van der Waals surface area contributed by atoms with Crippen LogP contribution in [0.3, 0.4) is 0 Å². The number of aromatic amines is 1. The van der Waals surface area contributed by atoms with Crippen molar-refractivity contribution in [3.05, 3.63) is 96.2 Å². The molecule has 0 fully saturated rings. The number of aromatic nitrogens is 2. The highest BCUT2D eigenvalue weighted by molar-refractivity contribution is 6.12. The van der Waals surface area contributed by atoms with Gasteiger partial charge in [0.15, 0.2) is 0 Å². The summed E-state index contributed by atoms with van der Waals surface area (Å²) in [5, 5.41) is 3.92. The molecule has 0 saturated carbocycles. The Morgan fingerprint density at radius 1 is 0.741 bits per heavy atom. The van der Waals surface area contributed by atoms with Crippen LogP contribution in [0.4, 0.5) is 0 Å². The van der Waals surface area contributed by atoms with Crippen molar-refractivity contribution in [1.29, 1.82) is 0 Å². The van der Waals surface area contributed by atoms with Gasteiger partial charge >= 0.3 is 0 Å². The van der Waals surface area contributed by atoms with E-state index in [-0.39, 0.29) is 0 Å². The lowest BCUT2D eigenvalue weighted by Crippen LogP contribution is -1.97. The van der Waals surface area contributed by atoms with Crippen LogP contribution >= 0.6 is 0 Å². The summed E-state index contributed by atoms with van der Waals surface area (Å²) in [6, 6.07) is 23.9. The van der Waals surface area contributed by atoms with Gasteiger partial charge in [-0.15, -0.1) is 0 Å². The predicted octanol–water partition coefficient (Wildman–Crippen LogP) is 6.39. The molecule has 0 saturated heterocycles. The minimum absolute atomic E-state index is 0.951. The maximum Gasteiger partial charge on any atom is 0.0558 e. The Hall–Kier alpha value is -3.52. The van der Waals surface area contributed by atoms with Crippen molar-refractivity contribution < 1.29 is 0 Å². The first-order valence-electron chi connectivity index (χ1n) is 9.36. The molecular formula is C25H18N2. The van der Waals surface area contributed by atoms with Gasteiger partial charge in [0.25, 0.3) is 0 Å². The number of H-pyrrole nitrogens is 1. The number of benzene rings is 3. The molecule has 3 aromatic carbocycles. The Balaban J connectivity index is 1.80. The molecule has 2 nitrogen and oxygen atoms in total. The van der Waals surface area contributed by atoms with Crippen LogP contribution in [0.25, 0.3) is 44.5 Å². The maximum atomic E-state index is 3.60. The molecule has 2 heterocycles. The standard InChI is InChI=1S/C25H18N2/c1-3-9-17(10-4-1)27-24-14-6-2-5-12-19(24)21-15-20-18-11-7-8-13-22(18)26-23(20)16-25(21)27/h1-11,13-16,26H,12H2. The molecule has 0 aliphatic heterocycles. The van der Waals surface area contributed by atoms with E-state index in [0.29, 0.717) is 0 Å². The summed E-state index contributed by atoms with van der Waals surface area (Å²) in [5.74, 6) is 0. The topological polar surface area (TPSA) is 20.7 Å². The second-order valence-electron chi connectivity index (χ2n) is 7.11. The average molecular weight is 346 g/mol. The van der Waals surface area contributed by atoms with Gasteiger partial charge in [0, 0.05) is 32.9 Å². The van der Waals surface area contributed by atoms with E-state index in [9.17, 15) is 0 Å². The van der Waals surface area contributed by atoms with Crippen LogP contribution in [-0.4, -0.2) is 9.55 Å². The average Bonchev–Trinajstić information content (AvgIpc) is 3.10. The van der Waals surface area contributed by atoms with Crippen LogP contribution in [0.15, 0.2) is 85.0 Å². The summed E-state index contributed by atoms with van der Waals surface area (Å²) in [5.41, 5.74) is 7.51. The highest BCUT2D eigenvalue weighted by Gasteiger charge is 2.18. The normalized spacial score (nSPS) is 13.5. The van der Waals surface area contributed by atoms with E-state index >= 15 is 0 Å². The first-order valence-corrected chi connectivity index (χ1v) is 9.36. The first-order chi connectivity index (χ1) is 13.4. The zero-order valence-electron chi connectivity index (χ0n) is 14.8. The summed E-state index contributed by atoms with van der Waals surface area (Å²) in [6.45, 7) is 0. The molecule has 5 aromatic rings. The van der Waals surface area contributed by atoms with Crippen molar-refractivity contribution >= 4 is 38.8 Å². The van der Waals surface area contributed by atoms with Crippen LogP contribution in [0, 0.1) is 0 Å². The Bertz CT molecular complexity index is 1380. The van der Waals surface area contributed by atoms with Gasteiger partial charge in [-0.2, -0.15) is 0 Å². The van der Waals surface area contributed by atoms with Crippen LogP contribution in [0.1, 0.15) is 11.3 Å². The van der Waals surface area contributed by atoms with Crippen LogP contribution < -0.4 is 0 Å². The summed E-state index contributed by atoms with van der Waals surface area (Å²) < 4.78 is 2.39. The van der Waals surface area contributed by atoms with E-state index in [1.807, 2.05) is 0 Å². The third kappa shape index (κ3) is 2.07. The van der Waals surface area contributed by atoms with Gasteiger partial charge in [-0.05, 0) is 48.4 Å². The Kier molecular flexibility index (Phi) is 2.97. The minimum Gasteiger partial charge on any atom is -0.354 e. The first kappa shape index (κ1) is 14.6. The fraction of sp³-hybridized carbons (Fsp3) is 0.0400. The molecule has 128 valence electrons. The molecule has 27 heavy (non-hydrogen) atoms. The fourth-order valence-electron chi connectivity index (χ4n) is 4.37. The van der Waals surface area contributed by atoms with Crippen molar-refractivity contribution in [2.75, 3.05) is 0 Å². The van der Waals surface area contributed by atoms with E-state index in [0.717, 1.165) is 6.42 Å². The molecule has 0 unspecified atom stereocenters. The summed E-state index contributed by atoms with van der Waals surface area (Å²) >= 11 is 0. The quantitative estimate of drug-likeness (QED) is 0.363. The van der Waals surface area contributed by atoms with E-state index < -0.39 is 0 Å². The SMILES string of the molecule is C1=CCc2c(n(-c3ccccc3)c3cc4[nH]c5ccccc5c4cc23)C=C1. The second kappa shape index (κ2) is 5.49. The highest BCUT2D eigenvalue weighted by atomic mass is 15.0. The highest BCUT2D eigenvalue weighted by Crippen LogP contribution is 2.37. The molecule has 2 heteroatoms. The van der Waals surface area contributed by atoms with Gasteiger partial charge in [-0.1, -0.05) is 54.6 Å². The number of nitrogens with zero attached hydrogens (tertiary/aromatic N) is 1. The van der Waals surface area contributed by atoms with E-state index in [1.165, 1.54) is 49.7 Å². The van der Waals surface area contributed by atoms with Gasteiger partial charge < -0.3 is 9.55 Å². The van der Waals surface area contributed by atoms with Gasteiger partial charge in [0.05, 0.1) is 11.2 Å². The monoisotopic (exact) mass is 346 g/mol. The lowest BCUT2D eigenvalue weighted by Gasteiger charge is -2.09. The molecule has 0 amide bonds. The van der Waals surface area contributed by atoms with Crippen molar-refractivity contribution in [2.24, 2.45) is 0 Å². The minimum atomic E-state index is 0.951. The molecule has 0 bridgehead atoms. The van der Waals surface area contributed by atoms with Gasteiger partial charge in [-0.3, -0.25) is 0 Å². The molecule has 1 aliphatic rings. The van der Waals surface area contributed by atoms with Gasteiger partial charge in [0.2, 0.25) is 0 Å². The third-order valence-electron chi connectivity index (χ3n) is 5.58. The zero-order valence-corrected chi connectivity index (χ0v) is 14.8. The number of hydrogen-bond donors (Lipinski definition) is 1. The molecule has 0 atom stereocenters. The summed E-state index contributed by atoms with van der Waals surface area (Å²) in [4.78, 5) is 3.60. The van der Waals surface area contributed by atoms with E-state index in [4.69, 9.17) is 0 Å². The molecule has 1 N–H and O–H groups in total. The summed E-state index contributed by atoms with van der Waals surface area (Å²) in [7, 11) is 0. The van der Waals surface area contributed by atoms with Gasteiger partial charge in [0.1, 0.15) is 0 Å². The molecule has 1 aliphatic carbocycles. The van der Waals surface area contributed by atoms with Crippen LogP contribution in [0.5, 0.6) is 0 Å². The molecular weight excluding hydrogens is 328 g/mol. The Morgan fingerprint density at radius 2 is 1.59 bits per heavy atom. The molecule has 2 aromatic heterocycles. The fourth-order valence-corrected chi connectivity index (χ4v) is 4.37. The van der Waals surface area contributed by atoms with Gasteiger partial charge in [-0.25, -0.2) is 0 Å². The van der Waals surface area contributed by atoms with E-state index in [2.05, 4.69) is 101 Å². The van der Waals surface area contributed by atoms with Crippen molar-refractivity contribution in [3.63, 3.8) is 0 Å². The number of fused-ring (bicyclic) bond motifs is 6. The second-order valence-corrected chi connectivity index (χ2v) is 7.11. The van der Waals surface area contributed by atoms with Crippen molar-refractivity contribution in [2.45, 2.75) is 6.42 Å². The Morgan fingerprint density at radius 3 is 2.52 bits per heavy atom. The largest absolute Gasteiger partial charge is 0.354 e. The maximum absolute atomic E-state index is 3.60. The Labute approximate surface area is 157 Å². The summed E-state index contributed by atoms with van der Waals surface area (Å²) in [6.07, 6.45) is 9.72. The zero-order chi connectivity index (χ0) is 17.8. The number of para-hydroxylation sites is 2. The molecule has 0 radical (unpaired) electrons. The third-order valence-corrected chi connectivity index (χ3v) is 5.58. The smallest absolute Gasteiger partial charge is 0.0558 e. The number of hydrogen-bond acceptors (Lipinski definition) is 0. The van der Waals surface area contributed by atoms with Crippen molar-refractivity contribution in [1.82, 2.24) is 9.55 Å². The lowest BCUT2D eigenvalue weighted by atomic mass is 10.0. The molecule has 0 spiro atoms. The lowest BCUT2D eigenvalue weighted by molar-refractivity contribution is 1.09. The predicted molar refractivity (Wildman–Crippen MR) is 115 cm³/mol. The number of rotatable bonds is 1. The van der Waals surface area contributed by atoms with Crippen molar-refractivity contribution in [3.8, 4) is 5.69 Å². The van der Waals surface area contributed by atoms with Crippen LogP contribution in [-0.2, 0) is 6.42 Å². The number of nitrogens with one attached hydrogen (secondary N) is 1.